The largest absolute Gasteiger partial charge is 0.534 e. The summed E-state index contributed by atoms with van der Waals surface area (Å²) in [6.45, 7) is 8.14. The van der Waals surface area contributed by atoms with Gasteiger partial charge >= 0.3 is 15.6 Å². The first-order valence-corrected chi connectivity index (χ1v) is 17.1. The normalized spacial score (nSPS) is 12.9. The number of unbranched alkanes of at least 4 members (excludes halogenated alkanes) is 9. The Kier molecular flexibility index (Phi) is 12.0. The molecule has 3 nitrogen and oxygen atoms in total. The Morgan fingerprint density at radius 3 is 1.90 bits per heavy atom. The highest BCUT2D eigenvalue weighted by Crippen LogP contribution is 2.30. The Morgan fingerprint density at radius 2 is 1.42 bits per heavy atom. The lowest BCUT2D eigenvalue weighted by Crippen LogP contribution is -2.41. The van der Waals surface area contributed by atoms with Crippen LogP contribution >= 0.6 is 11.8 Å². The van der Waals surface area contributed by atoms with Crippen molar-refractivity contribution in [1.29, 1.82) is 0 Å². The van der Waals surface area contributed by atoms with Crippen LogP contribution in [0.1, 0.15) is 71.1 Å². The summed E-state index contributed by atoms with van der Waals surface area (Å²) < 4.78 is 66.0. The average Bonchev–Trinajstić information content (AvgIpc) is 2.64. The molecule has 0 aliphatic heterocycles. The van der Waals surface area contributed by atoms with Crippen molar-refractivity contribution in [2.45, 2.75) is 101 Å². The Morgan fingerprint density at radius 1 is 0.903 bits per heavy atom. The standard InChI is InChI=1S/C22H37F3O3S2Si/c1-5-6-7-8-9-10-11-12-13-14-18-29-20-17-15-16-19(21(20)31(2,3)4)28-30(26,27)22(23,24)25/h15-17H,5-14,18H2,1-4H3. The zero-order valence-corrected chi connectivity index (χ0v) is 21.8. The molecule has 0 radical (unpaired) electrons. The van der Waals surface area contributed by atoms with Crippen molar-refractivity contribution in [2.24, 2.45) is 0 Å². The van der Waals surface area contributed by atoms with E-state index >= 15 is 0 Å². The predicted molar refractivity (Wildman–Crippen MR) is 128 cm³/mol. The van der Waals surface area contributed by atoms with E-state index in [0.717, 1.165) is 23.5 Å². The number of thioether (sulfide) groups is 1. The summed E-state index contributed by atoms with van der Waals surface area (Å²) in [6.07, 6.45) is 12.4. The number of halogens is 3. The van der Waals surface area contributed by atoms with Gasteiger partial charge in [-0.2, -0.15) is 21.6 Å². The van der Waals surface area contributed by atoms with Gasteiger partial charge in [-0.05, 0) is 29.5 Å². The summed E-state index contributed by atoms with van der Waals surface area (Å²) in [4.78, 5) is 0.824. The third-order valence-electron chi connectivity index (χ3n) is 4.98. The van der Waals surface area contributed by atoms with Crippen LogP contribution in [0.3, 0.4) is 0 Å². The molecule has 1 aromatic carbocycles. The lowest BCUT2D eigenvalue weighted by molar-refractivity contribution is -0.0499. The van der Waals surface area contributed by atoms with Crippen molar-refractivity contribution in [3.05, 3.63) is 18.2 Å². The van der Waals surface area contributed by atoms with E-state index in [1.54, 1.807) is 17.8 Å². The maximum atomic E-state index is 12.8. The summed E-state index contributed by atoms with van der Waals surface area (Å²) in [5.74, 6) is 0.660. The highest BCUT2D eigenvalue weighted by molar-refractivity contribution is 7.99. The smallest absolute Gasteiger partial charge is 0.376 e. The van der Waals surface area contributed by atoms with Crippen LogP contribution in [0.2, 0.25) is 19.6 Å². The van der Waals surface area contributed by atoms with Gasteiger partial charge in [-0.15, -0.1) is 11.8 Å². The average molecular weight is 499 g/mol. The molecular weight excluding hydrogens is 461 g/mol. The molecule has 0 bridgehead atoms. The summed E-state index contributed by atoms with van der Waals surface area (Å²) in [6, 6.07) is 4.73. The Hall–Kier alpha value is -0.673. The molecule has 0 aromatic heterocycles. The fourth-order valence-corrected chi connectivity index (χ4v) is 7.74. The maximum Gasteiger partial charge on any atom is 0.534 e. The van der Waals surface area contributed by atoms with E-state index in [9.17, 15) is 21.6 Å². The van der Waals surface area contributed by atoms with Crippen LogP contribution in [-0.4, -0.2) is 27.8 Å². The highest BCUT2D eigenvalue weighted by Gasteiger charge is 2.49. The molecule has 0 saturated carbocycles. The van der Waals surface area contributed by atoms with Gasteiger partial charge in [-0.25, -0.2) is 0 Å². The molecule has 0 saturated heterocycles. The zero-order chi connectivity index (χ0) is 23.5. The summed E-state index contributed by atoms with van der Waals surface area (Å²) in [7, 11) is -7.84. The monoisotopic (exact) mass is 498 g/mol. The van der Waals surface area contributed by atoms with Crippen LogP contribution in [0, 0.1) is 0 Å². The second-order valence-electron chi connectivity index (χ2n) is 8.89. The minimum atomic E-state index is -5.68. The van der Waals surface area contributed by atoms with E-state index in [0.29, 0.717) is 5.19 Å². The van der Waals surface area contributed by atoms with Gasteiger partial charge in [0, 0.05) is 4.90 Å². The zero-order valence-electron chi connectivity index (χ0n) is 19.2. The molecule has 0 aliphatic rings. The van der Waals surface area contributed by atoms with Crippen molar-refractivity contribution in [2.75, 3.05) is 5.75 Å². The van der Waals surface area contributed by atoms with Crippen LogP contribution in [0.25, 0.3) is 0 Å². The van der Waals surface area contributed by atoms with Gasteiger partial charge in [-0.3, -0.25) is 0 Å². The van der Waals surface area contributed by atoms with E-state index in [-0.39, 0.29) is 5.75 Å². The number of rotatable bonds is 15. The molecular formula is C22H37F3O3S2Si. The van der Waals surface area contributed by atoms with E-state index in [1.165, 1.54) is 57.4 Å². The second kappa shape index (κ2) is 13.1. The van der Waals surface area contributed by atoms with Crippen molar-refractivity contribution >= 4 is 35.1 Å². The molecule has 31 heavy (non-hydrogen) atoms. The highest BCUT2D eigenvalue weighted by atomic mass is 32.2. The van der Waals surface area contributed by atoms with Crippen molar-refractivity contribution < 1.29 is 25.8 Å². The first-order chi connectivity index (χ1) is 14.4. The van der Waals surface area contributed by atoms with Crippen LogP contribution in [0.15, 0.2) is 23.1 Å². The van der Waals surface area contributed by atoms with Gasteiger partial charge < -0.3 is 4.18 Å². The first kappa shape index (κ1) is 28.4. The molecule has 0 N–H and O–H groups in total. The number of hydrogen-bond acceptors (Lipinski definition) is 4. The van der Waals surface area contributed by atoms with Crippen molar-refractivity contribution in [3.8, 4) is 5.75 Å². The molecule has 0 spiro atoms. The van der Waals surface area contributed by atoms with Crippen LogP contribution in [0.5, 0.6) is 5.75 Å². The Balaban J connectivity index is 2.61. The van der Waals surface area contributed by atoms with Crippen molar-refractivity contribution in [3.63, 3.8) is 0 Å². The minimum absolute atomic E-state index is 0.190. The lowest BCUT2D eigenvalue weighted by Gasteiger charge is -2.24. The lowest BCUT2D eigenvalue weighted by atomic mass is 10.1. The SMILES string of the molecule is CCCCCCCCCCCCSc1cccc(OS(=O)(=O)C(F)(F)F)c1[Si](C)(C)C. The van der Waals surface area contributed by atoms with Gasteiger partial charge in [0.1, 0.15) is 5.75 Å². The van der Waals surface area contributed by atoms with Gasteiger partial charge in [-0.1, -0.05) is 90.4 Å². The molecule has 180 valence electrons. The maximum absolute atomic E-state index is 12.8. The van der Waals surface area contributed by atoms with Crippen molar-refractivity contribution in [1.82, 2.24) is 0 Å². The van der Waals surface area contributed by atoms with Gasteiger partial charge in [0.25, 0.3) is 0 Å². The molecule has 9 heteroatoms. The summed E-state index contributed by atoms with van der Waals surface area (Å²) in [5, 5.41) is 0.625. The number of alkyl halides is 3. The Bertz CT molecular complexity index is 760. The summed E-state index contributed by atoms with van der Waals surface area (Å²) >= 11 is 1.58. The molecule has 0 fully saturated rings. The fraction of sp³-hybridized carbons (Fsp3) is 0.727. The van der Waals surface area contributed by atoms with E-state index in [4.69, 9.17) is 0 Å². The molecule has 0 amide bonds. The molecule has 0 heterocycles. The summed E-state index contributed by atoms with van der Waals surface area (Å²) in [5.41, 5.74) is -5.44. The molecule has 0 aliphatic carbocycles. The van der Waals surface area contributed by atoms with E-state index in [1.807, 2.05) is 25.7 Å². The molecule has 0 unspecified atom stereocenters. The minimum Gasteiger partial charge on any atom is -0.376 e. The van der Waals surface area contributed by atoms with E-state index in [2.05, 4.69) is 11.1 Å². The molecule has 1 rings (SSSR count). The van der Waals surface area contributed by atoms with Gasteiger partial charge in [0.05, 0.1) is 8.07 Å². The second-order valence-corrected chi connectivity index (χ2v) is 16.6. The van der Waals surface area contributed by atoms with Crippen LogP contribution in [-0.2, 0) is 10.1 Å². The number of benzene rings is 1. The van der Waals surface area contributed by atoms with Gasteiger partial charge in [0.2, 0.25) is 0 Å². The molecule has 0 atom stereocenters. The topological polar surface area (TPSA) is 43.4 Å². The van der Waals surface area contributed by atoms with Gasteiger partial charge in [0.15, 0.2) is 0 Å². The van der Waals surface area contributed by atoms with E-state index < -0.39 is 23.7 Å². The third-order valence-corrected chi connectivity index (χ3v) is 9.28. The number of hydrogen-bond donors (Lipinski definition) is 0. The predicted octanol–water partition coefficient (Wildman–Crippen LogP) is 7.47. The molecule has 1 aromatic rings. The first-order valence-electron chi connectivity index (χ1n) is 11.2. The third kappa shape index (κ3) is 10.2. The quantitative estimate of drug-likeness (QED) is 0.0827. The van der Waals surface area contributed by atoms with Crippen LogP contribution in [0.4, 0.5) is 13.2 Å². The van der Waals surface area contributed by atoms with Crippen LogP contribution < -0.4 is 9.37 Å². The fourth-order valence-electron chi connectivity index (χ4n) is 3.38. The Labute approximate surface area is 191 Å².